The van der Waals surface area contributed by atoms with E-state index in [9.17, 15) is 0 Å². The molecular formula is C18H31N3O. The quantitative estimate of drug-likeness (QED) is 0.532. The minimum absolute atomic E-state index is 0.283. The van der Waals surface area contributed by atoms with Gasteiger partial charge in [-0.05, 0) is 36.8 Å². The lowest BCUT2D eigenvalue weighted by atomic mass is 9.93. The van der Waals surface area contributed by atoms with E-state index in [4.69, 9.17) is 10.6 Å². The summed E-state index contributed by atoms with van der Waals surface area (Å²) in [7, 11) is 1.51. The summed E-state index contributed by atoms with van der Waals surface area (Å²) in [5.74, 6) is 0.699. The number of hydrogen-bond acceptors (Lipinski definition) is 4. The Morgan fingerprint density at radius 1 is 1.27 bits per heavy atom. The molecule has 2 N–H and O–H groups in total. The molecule has 124 valence electrons. The lowest BCUT2D eigenvalue weighted by molar-refractivity contribution is 0.213. The zero-order chi connectivity index (χ0) is 17.3. The van der Waals surface area contributed by atoms with Crippen molar-refractivity contribution in [2.75, 3.05) is 7.11 Å². The Morgan fingerprint density at radius 3 is 2.23 bits per heavy atom. The second-order valence-corrected chi connectivity index (χ2v) is 5.98. The average molecular weight is 305 g/mol. The highest BCUT2D eigenvalue weighted by molar-refractivity contribution is 6.11. The number of hydrogen-bond donors (Lipinski definition) is 1. The Kier molecular flexibility index (Phi) is 9.15. The van der Waals surface area contributed by atoms with E-state index in [1.165, 1.54) is 7.11 Å². The fourth-order valence-corrected chi connectivity index (χ4v) is 1.87. The smallest absolute Gasteiger partial charge is 0.128 e. The standard InChI is InChI=1S/C18H31N3O/c1-9-15(20-11-12(2)3)10-16(13(4)5)17(19)18(14(6)7)21-22-8/h9,11-13H,6,10,19H2,1-5,7-8H3/b15-9-,17-16+,20-11-,21-18+. The molecule has 0 atom stereocenters. The minimum Gasteiger partial charge on any atom is -0.399 e. The molecule has 0 aromatic rings. The normalized spacial score (nSPS) is 14.8. The fourth-order valence-electron chi connectivity index (χ4n) is 1.87. The van der Waals surface area contributed by atoms with Gasteiger partial charge in [0.15, 0.2) is 0 Å². The zero-order valence-corrected chi connectivity index (χ0v) is 15.1. The molecule has 4 heteroatoms. The van der Waals surface area contributed by atoms with Gasteiger partial charge in [-0.15, -0.1) is 0 Å². The van der Waals surface area contributed by atoms with Gasteiger partial charge in [0.2, 0.25) is 0 Å². The number of allylic oxidation sites excluding steroid dienone is 3. The van der Waals surface area contributed by atoms with Gasteiger partial charge in [0, 0.05) is 18.3 Å². The Labute approximate surface area is 135 Å². The minimum atomic E-state index is 0.283. The molecular weight excluding hydrogens is 274 g/mol. The van der Waals surface area contributed by atoms with Crippen LogP contribution in [0.4, 0.5) is 0 Å². The van der Waals surface area contributed by atoms with E-state index in [1.54, 1.807) is 0 Å². The van der Waals surface area contributed by atoms with Crippen LogP contribution in [0.2, 0.25) is 0 Å². The van der Waals surface area contributed by atoms with Crippen molar-refractivity contribution in [1.29, 1.82) is 0 Å². The second kappa shape index (κ2) is 9.98. The van der Waals surface area contributed by atoms with Gasteiger partial charge in [-0.1, -0.05) is 45.5 Å². The third kappa shape index (κ3) is 6.74. The summed E-state index contributed by atoms with van der Waals surface area (Å²) in [5, 5.41) is 4.01. The molecule has 0 unspecified atom stereocenters. The van der Waals surface area contributed by atoms with Gasteiger partial charge >= 0.3 is 0 Å². The Hall–Kier alpha value is -1.84. The van der Waals surface area contributed by atoms with Crippen molar-refractivity contribution in [3.05, 3.63) is 35.2 Å². The van der Waals surface area contributed by atoms with Crippen LogP contribution in [-0.2, 0) is 4.84 Å². The molecule has 0 spiro atoms. The first-order valence-corrected chi connectivity index (χ1v) is 7.69. The zero-order valence-electron chi connectivity index (χ0n) is 15.1. The molecule has 0 bridgehead atoms. The summed E-state index contributed by atoms with van der Waals surface area (Å²) >= 11 is 0. The summed E-state index contributed by atoms with van der Waals surface area (Å²) in [6.07, 6.45) is 4.66. The van der Waals surface area contributed by atoms with Crippen LogP contribution in [-0.4, -0.2) is 19.0 Å². The van der Waals surface area contributed by atoms with Crippen LogP contribution in [0.15, 0.2) is 45.3 Å². The predicted molar refractivity (Wildman–Crippen MR) is 97.0 cm³/mol. The SMILES string of the molecule is C=C(C)C(=N\OC)/C(N)=C(/CC(=C/C)/N=C\C(C)C)C(C)C. The molecule has 0 aromatic carbocycles. The molecule has 0 aliphatic rings. The van der Waals surface area contributed by atoms with Crippen molar-refractivity contribution in [3.8, 4) is 0 Å². The first-order chi connectivity index (χ1) is 10.2. The Balaban J connectivity index is 5.67. The molecule has 0 aliphatic heterocycles. The van der Waals surface area contributed by atoms with E-state index in [1.807, 2.05) is 26.1 Å². The van der Waals surface area contributed by atoms with Crippen molar-refractivity contribution in [1.82, 2.24) is 0 Å². The maximum absolute atomic E-state index is 6.34. The van der Waals surface area contributed by atoms with Crippen molar-refractivity contribution < 1.29 is 4.84 Å². The van der Waals surface area contributed by atoms with Crippen molar-refractivity contribution in [2.24, 2.45) is 27.7 Å². The first kappa shape index (κ1) is 20.2. The van der Waals surface area contributed by atoms with E-state index in [0.29, 0.717) is 23.7 Å². The lowest BCUT2D eigenvalue weighted by Crippen LogP contribution is -2.18. The molecule has 22 heavy (non-hydrogen) atoms. The summed E-state index contributed by atoms with van der Waals surface area (Å²) < 4.78 is 0. The Morgan fingerprint density at radius 2 is 1.86 bits per heavy atom. The van der Waals surface area contributed by atoms with Crippen LogP contribution in [0.1, 0.15) is 48.0 Å². The number of nitrogens with zero attached hydrogens (tertiary/aromatic N) is 2. The summed E-state index contributed by atoms with van der Waals surface area (Å²) in [6, 6.07) is 0. The summed E-state index contributed by atoms with van der Waals surface area (Å²) in [5.41, 5.74) is 10.4. The summed E-state index contributed by atoms with van der Waals surface area (Å²) in [6.45, 7) is 16.2. The summed E-state index contributed by atoms with van der Waals surface area (Å²) in [4.78, 5) is 9.44. The van der Waals surface area contributed by atoms with Gasteiger partial charge in [-0.3, -0.25) is 4.99 Å². The maximum Gasteiger partial charge on any atom is 0.128 e. The molecule has 4 nitrogen and oxygen atoms in total. The average Bonchev–Trinajstić information content (AvgIpc) is 2.43. The van der Waals surface area contributed by atoms with E-state index in [-0.39, 0.29) is 5.92 Å². The van der Waals surface area contributed by atoms with Gasteiger partial charge in [0.1, 0.15) is 12.8 Å². The van der Waals surface area contributed by atoms with Crippen molar-refractivity contribution in [2.45, 2.75) is 48.0 Å². The molecule has 0 rings (SSSR count). The molecule has 0 aromatic heterocycles. The van der Waals surface area contributed by atoms with Gasteiger partial charge < -0.3 is 10.6 Å². The topological polar surface area (TPSA) is 60.0 Å². The van der Waals surface area contributed by atoms with Crippen molar-refractivity contribution in [3.63, 3.8) is 0 Å². The molecule has 0 saturated heterocycles. The lowest BCUT2D eigenvalue weighted by Gasteiger charge is -2.17. The molecule has 0 saturated carbocycles. The van der Waals surface area contributed by atoms with Crippen molar-refractivity contribution >= 4 is 11.9 Å². The number of rotatable bonds is 8. The fraction of sp³-hybridized carbons (Fsp3) is 0.556. The van der Waals surface area contributed by atoms with Crippen LogP contribution < -0.4 is 5.73 Å². The van der Waals surface area contributed by atoms with Gasteiger partial charge in [-0.2, -0.15) is 0 Å². The predicted octanol–water partition coefficient (Wildman–Crippen LogP) is 4.45. The highest BCUT2D eigenvalue weighted by atomic mass is 16.6. The first-order valence-electron chi connectivity index (χ1n) is 7.69. The number of nitrogens with two attached hydrogens (primary N) is 1. The highest BCUT2D eigenvalue weighted by Crippen LogP contribution is 2.24. The van der Waals surface area contributed by atoms with Crippen LogP contribution in [0.25, 0.3) is 0 Å². The third-order valence-electron chi connectivity index (χ3n) is 3.13. The monoisotopic (exact) mass is 305 g/mol. The van der Waals surface area contributed by atoms with Crippen LogP contribution >= 0.6 is 0 Å². The van der Waals surface area contributed by atoms with Gasteiger partial charge in [0.25, 0.3) is 0 Å². The maximum atomic E-state index is 6.34. The van der Waals surface area contributed by atoms with E-state index in [0.717, 1.165) is 16.8 Å². The molecule has 0 radical (unpaired) electrons. The van der Waals surface area contributed by atoms with E-state index < -0.39 is 0 Å². The molecule has 0 aliphatic carbocycles. The molecule has 0 heterocycles. The van der Waals surface area contributed by atoms with Gasteiger partial charge in [-0.25, -0.2) is 0 Å². The highest BCUT2D eigenvalue weighted by Gasteiger charge is 2.16. The third-order valence-corrected chi connectivity index (χ3v) is 3.13. The second-order valence-electron chi connectivity index (χ2n) is 5.98. The number of oxime groups is 1. The van der Waals surface area contributed by atoms with E-state index >= 15 is 0 Å². The van der Waals surface area contributed by atoms with E-state index in [2.05, 4.69) is 44.4 Å². The van der Waals surface area contributed by atoms with Crippen LogP contribution in [0.3, 0.4) is 0 Å². The van der Waals surface area contributed by atoms with Gasteiger partial charge in [0.05, 0.1) is 5.70 Å². The Bertz CT molecular complexity index is 494. The molecule has 0 fully saturated rings. The molecule has 0 amide bonds. The largest absolute Gasteiger partial charge is 0.399 e. The number of aliphatic imine (C=N–C) groups is 1. The van der Waals surface area contributed by atoms with Crippen LogP contribution in [0, 0.1) is 11.8 Å². The van der Waals surface area contributed by atoms with Crippen LogP contribution in [0.5, 0.6) is 0 Å².